The largest absolute Gasteiger partial charge is 0.284 e. The fraction of sp³-hybridized carbons (Fsp3) is 0.111. The lowest BCUT2D eigenvalue weighted by molar-refractivity contribution is 0.569. The zero-order chi connectivity index (χ0) is 19.0. The molecule has 0 saturated heterocycles. The van der Waals surface area contributed by atoms with Crippen molar-refractivity contribution in [3.05, 3.63) is 76.6 Å². The van der Waals surface area contributed by atoms with Crippen LogP contribution < -0.4 is 5.56 Å². The number of aromatic amines is 1. The number of benzene rings is 1. The van der Waals surface area contributed by atoms with Crippen molar-refractivity contribution in [1.29, 1.82) is 0 Å². The van der Waals surface area contributed by atoms with Crippen LogP contribution in [0, 0.1) is 6.92 Å². The Balaban J connectivity index is 1.97. The minimum atomic E-state index is -3.95. The number of H-pyrrole nitrogens is 1. The standard InChI is InChI=1S/C18H15N5O3S/c1-12-5-4-6-13(21-12)11-23-18(24)16-8-3-2-7-15(16)17(22-23)27(25,26)14-9-19-20-10-14/h2-10H,11H2,1H3,(H,19,20). The third-order valence-electron chi connectivity index (χ3n) is 4.13. The van der Waals surface area contributed by atoms with Crippen molar-refractivity contribution in [2.75, 3.05) is 0 Å². The highest BCUT2D eigenvalue weighted by atomic mass is 32.2. The van der Waals surface area contributed by atoms with Gasteiger partial charge in [0.05, 0.1) is 23.8 Å². The smallest absolute Gasteiger partial charge is 0.275 e. The summed E-state index contributed by atoms with van der Waals surface area (Å²) in [7, 11) is -3.95. The first-order valence-electron chi connectivity index (χ1n) is 8.13. The summed E-state index contributed by atoms with van der Waals surface area (Å²) >= 11 is 0. The normalized spacial score (nSPS) is 11.7. The summed E-state index contributed by atoms with van der Waals surface area (Å²) in [5, 5.41) is 10.7. The molecule has 0 aliphatic rings. The van der Waals surface area contributed by atoms with Gasteiger partial charge in [-0.3, -0.25) is 14.9 Å². The quantitative estimate of drug-likeness (QED) is 0.576. The maximum absolute atomic E-state index is 13.0. The van der Waals surface area contributed by atoms with E-state index >= 15 is 0 Å². The third-order valence-corrected chi connectivity index (χ3v) is 5.78. The minimum absolute atomic E-state index is 0.0148. The summed E-state index contributed by atoms with van der Waals surface area (Å²) in [4.78, 5) is 17.2. The van der Waals surface area contributed by atoms with E-state index in [2.05, 4.69) is 20.3 Å². The highest BCUT2D eigenvalue weighted by Gasteiger charge is 2.25. The molecule has 0 amide bonds. The summed E-state index contributed by atoms with van der Waals surface area (Å²) in [5.41, 5.74) is 1.04. The zero-order valence-electron chi connectivity index (χ0n) is 14.3. The van der Waals surface area contributed by atoms with Crippen LogP contribution in [-0.2, 0) is 16.4 Å². The first-order chi connectivity index (χ1) is 13.0. The van der Waals surface area contributed by atoms with E-state index in [-0.39, 0.29) is 32.8 Å². The molecule has 0 saturated carbocycles. The summed E-state index contributed by atoms with van der Waals surface area (Å²) < 4.78 is 27.2. The van der Waals surface area contributed by atoms with E-state index < -0.39 is 9.84 Å². The molecule has 0 aliphatic heterocycles. The second kappa shape index (κ2) is 6.44. The molecule has 1 N–H and O–H groups in total. The van der Waals surface area contributed by atoms with Gasteiger partial charge in [0.1, 0.15) is 4.90 Å². The molecule has 3 heterocycles. The van der Waals surface area contributed by atoms with Gasteiger partial charge < -0.3 is 0 Å². The van der Waals surface area contributed by atoms with E-state index in [4.69, 9.17) is 0 Å². The maximum Gasteiger partial charge on any atom is 0.275 e. The van der Waals surface area contributed by atoms with Crippen LogP contribution >= 0.6 is 0 Å². The number of aryl methyl sites for hydroxylation is 1. The molecule has 0 atom stereocenters. The fourth-order valence-corrected chi connectivity index (χ4v) is 4.14. The number of fused-ring (bicyclic) bond motifs is 1. The zero-order valence-corrected chi connectivity index (χ0v) is 15.1. The lowest BCUT2D eigenvalue weighted by Gasteiger charge is -2.11. The molecule has 136 valence electrons. The minimum Gasteiger partial charge on any atom is -0.284 e. The lowest BCUT2D eigenvalue weighted by Crippen LogP contribution is -2.26. The van der Waals surface area contributed by atoms with Crippen LogP contribution in [0.5, 0.6) is 0 Å². The Hall–Kier alpha value is -3.33. The van der Waals surface area contributed by atoms with Crippen molar-refractivity contribution in [1.82, 2.24) is 25.0 Å². The number of aromatic nitrogens is 5. The Kier molecular flexibility index (Phi) is 4.08. The van der Waals surface area contributed by atoms with Crippen LogP contribution in [0.3, 0.4) is 0 Å². The van der Waals surface area contributed by atoms with Gasteiger partial charge >= 0.3 is 0 Å². The van der Waals surface area contributed by atoms with Gasteiger partial charge in [-0.05, 0) is 25.1 Å². The predicted octanol–water partition coefficient (Wildman–Crippen LogP) is 1.70. The average molecular weight is 381 g/mol. The van der Waals surface area contributed by atoms with Crippen molar-refractivity contribution >= 4 is 20.6 Å². The first-order valence-corrected chi connectivity index (χ1v) is 9.61. The van der Waals surface area contributed by atoms with Crippen molar-refractivity contribution in [3.63, 3.8) is 0 Å². The van der Waals surface area contributed by atoms with Gasteiger partial charge in [0.2, 0.25) is 9.84 Å². The highest BCUT2D eigenvalue weighted by molar-refractivity contribution is 7.91. The molecule has 8 nitrogen and oxygen atoms in total. The molecular weight excluding hydrogens is 366 g/mol. The number of nitrogens with one attached hydrogen (secondary N) is 1. The molecular formula is C18H15N5O3S. The molecule has 27 heavy (non-hydrogen) atoms. The van der Waals surface area contributed by atoms with Gasteiger partial charge in [-0.2, -0.15) is 10.2 Å². The maximum atomic E-state index is 13.0. The number of hydrogen-bond donors (Lipinski definition) is 1. The molecule has 3 aromatic heterocycles. The Morgan fingerprint density at radius 1 is 1.07 bits per heavy atom. The fourth-order valence-electron chi connectivity index (χ4n) is 2.85. The molecule has 4 aromatic rings. The molecule has 4 rings (SSSR count). The van der Waals surface area contributed by atoms with Crippen LogP contribution in [0.15, 0.2) is 69.6 Å². The van der Waals surface area contributed by atoms with Crippen LogP contribution in [0.25, 0.3) is 10.8 Å². The Morgan fingerprint density at radius 3 is 2.56 bits per heavy atom. The van der Waals surface area contributed by atoms with E-state index in [1.54, 1.807) is 30.3 Å². The van der Waals surface area contributed by atoms with E-state index in [0.717, 1.165) is 10.4 Å². The van der Waals surface area contributed by atoms with Crippen LogP contribution in [-0.4, -0.2) is 33.4 Å². The van der Waals surface area contributed by atoms with Crippen LogP contribution in [0.1, 0.15) is 11.4 Å². The molecule has 0 aliphatic carbocycles. The average Bonchev–Trinajstić information content (AvgIpc) is 3.20. The van der Waals surface area contributed by atoms with E-state index in [1.165, 1.54) is 12.4 Å². The Bertz CT molecular complexity index is 1290. The molecule has 0 spiro atoms. The number of pyridine rings is 1. The third kappa shape index (κ3) is 3.02. The van der Waals surface area contributed by atoms with E-state index in [0.29, 0.717) is 5.69 Å². The van der Waals surface area contributed by atoms with Gasteiger partial charge in [0.15, 0.2) is 5.03 Å². The summed E-state index contributed by atoms with van der Waals surface area (Å²) in [6, 6.07) is 12.0. The Morgan fingerprint density at radius 2 is 1.85 bits per heavy atom. The number of nitrogens with zero attached hydrogens (tertiary/aromatic N) is 4. The van der Waals surface area contributed by atoms with Crippen molar-refractivity contribution in [3.8, 4) is 0 Å². The molecule has 0 bridgehead atoms. The van der Waals surface area contributed by atoms with Crippen molar-refractivity contribution < 1.29 is 8.42 Å². The number of rotatable bonds is 4. The van der Waals surface area contributed by atoms with Gasteiger partial charge in [-0.25, -0.2) is 13.1 Å². The van der Waals surface area contributed by atoms with Gasteiger partial charge in [0.25, 0.3) is 5.56 Å². The number of hydrogen-bond acceptors (Lipinski definition) is 6. The van der Waals surface area contributed by atoms with Gasteiger partial charge in [-0.15, -0.1) is 0 Å². The second-order valence-corrected chi connectivity index (χ2v) is 7.89. The van der Waals surface area contributed by atoms with Crippen molar-refractivity contribution in [2.45, 2.75) is 23.4 Å². The second-order valence-electron chi connectivity index (χ2n) is 6.02. The summed E-state index contributed by atoms with van der Waals surface area (Å²) in [5.74, 6) is 0. The molecule has 0 fully saturated rings. The predicted molar refractivity (Wildman–Crippen MR) is 98.1 cm³/mol. The summed E-state index contributed by atoms with van der Waals surface area (Å²) in [6.45, 7) is 1.91. The Labute approximate surface area is 154 Å². The van der Waals surface area contributed by atoms with Crippen LogP contribution in [0.4, 0.5) is 0 Å². The monoisotopic (exact) mass is 381 g/mol. The van der Waals surface area contributed by atoms with Crippen LogP contribution in [0.2, 0.25) is 0 Å². The first kappa shape index (κ1) is 17.1. The van der Waals surface area contributed by atoms with Gasteiger partial charge in [0, 0.05) is 17.3 Å². The number of sulfone groups is 1. The van der Waals surface area contributed by atoms with Gasteiger partial charge in [-0.1, -0.05) is 24.3 Å². The molecule has 0 radical (unpaired) electrons. The molecule has 1 aromatic carbocycles. The van der Waals surface area contributed by atoms with E-state index in [1.807, 2.05) is 19.1 Å². The highest BCUT2D eigenvalue weighted by Crippen LogP contribution is 2.24. The SMILES string of the molecule is Cc1cccc(Cn2nc(S(=O)(=O)c3cn[nH]c3)c3ccccc3c2=O)n1. The summed E-state index contributed by atoms with van der Waals surface area (Å²) in [6.07, 6.45) is 2.49. The van der Waals surface area contributed by atoms with E-state index in [9.17, 15) is 13.2 Å². The van der Waals surface area contributed by atoms with Crippen molar-refractivity contribution in [2.24, 2.45) is 0 Å². The molecule has 0 unspecified atom stereocenters. The molecule has 9 heteroatoms. The topological polar surface area (TPSA) is 111 Å². The lowest BCUT2D eigenvalue weighted by atomic mass is 10.2.